The Balaban J connectivity index is 1.73. The van der Waals surface area contributed by atoms with Gasteiger partial charge in [-0.05, 0) is 99.0 Å². The molecule has 0 heterocycles. The Labute approximate surface area is 277 Å². The maximum atomic E-state index is 9.79. The predicted molar refractivity (Wildman–Crippen MR) is 182 cm³/mol. The zero-order valence-electron chi connectivity index (χ0n) is 45.2. The third kappa shape index (κ3) is 3.30. The van der Waals surface area contributed by atoms with Crippen LogP contribution in [0.1, 0.15) is 32.9 Å². The van der Waals surface area contributed by atoms with E-state index in [1.807, 2.05) is 0 Å². The Kier molecular flexibility index (Phi) is 2.11. The highest BCUT2D eigenvalue weighted by molar-refractivity contribution is 6.28. The molecule has 0 aromatic heterocycles. The van der Waals surface area contributed by atoms with E-state index in [2.05, 4.69) is 0 Å². The van der Waals surface area contributed by atoms with Crippen LogP contribution < -0.4 is 0 Å². The summed E-state index contributed by atoms with van der Waals surface area (Å²) in [7, 11) is 0. The summed E-state index contributed by atoms with van der Waals surface area (Å²) >= 11 is 0. The van der Waals surface area contributed by atoms with Crippen LogP contribution in [0.5, 0.6) is 0 Å². The van der Waals surface area contributed by atoms with Crippen molar-refractivity contribution in [2.45, 2.75) is 0 Å². The molecule has 0 spiro atoms. The van der Waals surface area contributed by atoms with Crippen LogP contribution in [0.3, 0.4) is 0 Å². The summed E-state index contributed by atoms with van der Waals surface area (Å²) < 4.78 is 216. The third-order valence-electron chi connectivity index (χ3n) is 7.28. The SMILES string of the molecule is [2H]c1cc2c(-c3c([2H])c4c([2H])c([2H])c([2H])c([2H])c4c4c([2H])c([2H])c([2H])c([2H])c34)c3c([2H])c([2H])c([2H])c([2H])c3c(-c3c([2H])c4c([2H])c([2H])c([2H])c([2H])c4c4c([2H])c([2H])c([2H])cc34)c2c([2H])c1[2H]. The Morgan fingerprint density at radius 1 is 0.286 bits per heavy atom. The van der Waals surface area contributed by atoms with Gasteiger partial charge in [-0.15, -0.1) is 0 Å². The Morgan fingerprint density at radius 2 is 0.643 bits per heavy atom. The minimum Gasteiger partial charge on any atom is -0.0616 e. The molecular weight excluding hydrogens is 504 g/mol. The lowest BCUT2D eigenvalue weighted by atomic mass is 9.82. The molecule has 9 rings (SSSR count). The smallest absolute Gasteiger partial charge is 0.0616 e. The van der Waals surface area contributed by atoms with Gasteiger partial charge in [-0.2, -0.15) is 0 Å². The van der Waals surface area contributed by atoms with Crippen LogP contribution >= 0.6 is 0 Å². The van der Waals surface area contributed by atoms with Crippen molar-refractivity contribution in [1.82, 2.24) is 0 Å². The first-order chi connectivity index (χ1) is 30.8. The first kappa shape index (κ1) is 9.82. The number of fused-ring (bicyclic) bond motifs is 8. The molecule has 0 fully saturated rings. The Morgan fingerprint density at radius 3 is 1.24 bits per heavy atom. The molecule has 0 unspecified atom stereocenters. The molecule has 0 aliphatic rings. The number of rotatable bonds is 2. The Bertz CT molecular complexity index is 3860. The molecule has 42 heavy (non-hydrogen) atoms. The summed E-state index contributed by atoms with van der Waals surface area (Å²) in [4.78, 5) is 0. The van der Waals surface area contributed by atoms with E-state index >= 15 is 0 Å². The second kappa shape index (κ2) is 9.03. The van der Waals surface area contributed by atoms with Gasteiger partial charge in [-0.1, -0.05) is 145 Å². The standard InChI is InChI=1S/C42H26/c1-3-15-29-27(13-1)25-39(33-19-7-5-17-31(29)33)41-35-21-9-11-23-37(35)42(38-24-12-10-22-36(38)41)40-26-28-14-2-4-16-30(28)32-18-6-8-20-34(32)40/h1-26H/i1D,2D,3D,4D,5D,6D,7D,8D,9D,10D,11D,12D,13D,14D,15D,16D,17D,18D,19D,21D,23D,24D,25D,26D. The molecule has 9 aromatic carbocycles. The fourth-order valence-corrected chi connectivity index (χ4v) is 5.58. The monoisotopic (exact) mass is 554 g/mol. The fraction of sp³-hybridized carbons (Fsp3) is 0. The highest BCUT2D eigenvalue weighted by atomic mass is 14.2. The quantitative estimate of drug-likeness (QED) is 0.147. The van der Waals surface area contributed by atoms with Crippen molar-refractivity contribution in [1.29, 1.82) is 0 Å². The van der Waals surface area contributed by atoms with Crippen molar-refractivity contribution < 1.29 is 32.9 Å². The molecule has 0 bridgehead atoms. The van der Waals surface area contributed by atoms with Gasteiger partial charge in [0.15, 0.2) is 0 Å². The molecular formula is C42H26. The highest BCUT2D eigenvalue weighted by Gasteiger charge is 2.20. The van der Waals surface area contributed by atoms with Gasteiger partial charge in [-0.3, -0.25) is 0 Å². The number of benzene rings is 9. The number of hydrogen-bond donors (Lipinski definition) is 0. The summed E-state index contributed by atoms with van der Waals surface area (Å²) in [5, 5.41) is -5.72. The van der Waals surface area contributed by atoms with E-state index in [1.54, 1.807) is 0 Å². The van der Waals surface area contributed by atoms with Crippen LogP contribution in [0, 0.1) is 0 Å². The van der Waals surface area contributed by atoms with E-state index in [4.69, 9.17) is 24.7 Å². The lowest BCUT2D eigenvalue weighted by Crippen LogP contribution is -1.93. The summed E-state index contributed by atoms with van der Waals surface area (Å²) in [6, 6.07) is -17.1. The summed E-state index contributed by atoms with van der Waals surface area (Å²) in [6.45, 7) is 0. The predicted octanol–water partition coefficient (Wildman–Crippen LogP) is 11.9. The Hall–Kier alpha value is -5.46. The van der Waals surface area contributed by atoms with Crippen molar-refractivity contribution >= 4 is 64.6 Å². The van der Waals surface area contributed by atoms with Gasteiger partial charge in [0.05, 0.1) is 32.9 Å². The molecule has 0 aliphatic heterocycles. The molecule has 0 radical (unpaired) electrons. The first-order valence-electron chi connectivity index (χ1n) is 24.7. The molecule has 0 amide bonds. The van der Waals surface area contributed by atoms with E-state index in [9.17, 15) is 8.22 Å². The van der Waals surface area contributed by atoms with Crippen molar-refractivity contribution in [3.63, 3.8) is 0 Å². The number of hydrogen-bond acceptors (Lipinski definition) is 0. The van der Waals surface area contributed by atoms with Gasteiger partial charge in [0.25, 0.3) is 0 Å². The van der Waals surface area contributed by atoms with E-state index < -0.39 is 221 Å². The van der Waals surface area contributed by atoms with E-state index in [1.165, 1.54) is 0 Å². The first-order valence-corrected chi connectivity index (χ1v) is 12.7. The van der Waals surface area contributed by atoms with Gasteiger partial charge in [0.1, 0.15) is 0 Å². The van der Waals surface area contributed by atoms with Crippen LogP contribution in [0.25, 0.3) is 86.9 Å². The molecule has 0 saturated heterocycles. The van der Waals surface area contributed by atoms with Crippen molar-refractivity contribution in [2.24, 2.45) is 0 Å². The van der Waals surface area contributed by atoms with E-state index in [0.29, 0.717) is 0 Å². The van der Waals surface area contributed by atoms with Gasteiger partial charge >= 0.3 is 0 Å². The third-order valence-corrected chi connectivity index (χ3v) is 7.28. The van der Waals surface area contributed by atoms with Crippen molar-refractivity contribution in [3.05, 3.63) is 157 Å². The topological polar surface area (TPSA) is 0 Å². The zero-order chi connectivity index (χ0) is 48.5. The molecule has 9 aromatic rings. The second-order valence-corrected chi connectivity index (χ2v) is 9.40. The van der Waals surface area contributed by atoms with Crippen molar-refractivity contribution in [2.75, 3.05) is 0 Å². The van der Waals surface area contributed by atoms with Gasteiger partial charge in [0.2, 0.25) is 0 Å². The average molecular weight is 555 g/mol. The van der Waals surface area contributed by atoms with Crippen molar-refractivity contribution in [3.8, 4) is 22.3 Å². The molecule has 194 valence electrons. The molecule has 0 atom stereocenters. The molecule has 0 N–H and O–H groups in total. The molecule has 0 aliphatic carbocycles. The van der Waals surface area contributed by atoms with Crippen LogP contribution in [-0.4, -0.2) is 0 Å². The largest absolute Gasteiger partial charge is 0.0636 e. The maximum Gasteiger partial charge on any atom is 0.0636 e. The summed E-state index contributed by atoms with van der Waals surface area (Å²) in [5.74, 6) is 0. The normalized spacial score (nSPS) is 19.8. The molecule has 0 heteroatoms. The highest BCUT2D eigenvalue weighted by Crippen LogP contribution is 2.48. The second-order valence-electron chi connectivity index (χ2n) is 9.40. The zero-order valence-corrected chi connectivity index (χ0v) is 21.2. The lowest BCUT2D eigenvalue weighted by Gasteiger charge is -2.21. The summed E-state index contributed by atoms with van der Waals surface area (Å²) in [5.41, 5.74) is -2.05. The molecule has 0 saturated carbocycles. The minimum absolute atomic E-state index is 0.311. The lowest BCUT2D eigenvalue weighted by molar-refractivity contribution is 1.70. The summed E-state index contributed by atoms with van der Waals surface area (Å²) in [6.07, 6.45) is 0. The maximum absolute atomic E-state index is 9.79. The van der Waals surface area contributed by atoms with Crippen LogP contribution in [0.4, 0.5) is 0 Å². The van der Waals surface area contributed by atoms with Crippen LogP contribution in [0.2, 0.25) is 0 Å². The average Bonchev–Trinajstić information content (AvgIpc) is 3.28. The molecule has 0 nitrogen and oxygen atoms in total. The van der Waals surface area contributed by atoms with Gasteiger partial charge in [-0.25, -0.2) is 0 Å². The van der Waals surface area contributed by atoms with E-state index in [-0.39, 0.29) is 10.8 Å². The minimum atomic E-state index is -0.909. The van der Waals surface area contributed by atoms with Gasteiger partial charge < -0.3 is 0 Å². The van der Waals surface area contributed by atoms with E-state index in [0.717, 1.165) is 12.1 Å². The van der Waals surface area contributed by atoms with Crippen LogP contribution in [-0.2, 0) is 0 Å². The van der Waals surface area contributed by atoms with Crippen LogP contribution in [0.15, 0.2) is 157 Å². The fourth-order valence-electron chi connectivity index (χ4n) is 5.58. The van der Waals surface area contributed by atoms with Gasteiger partial charge in [0, 0.05) is 0 Å².